The second kappa shape index (κ2) is 7.54. The van der Waals surface area contributed by atoms with E-state index in [0.717, 1.165) is 24.8 Å². The predicted molar refractivity (Wildman–Crippen MR) is 121 cm³/mol. The summed E-state index contributed by atoms with van der Waals surface area (Å²) in [6, 6.07) is 9.26. The second-order valence-electron chi connectivity index (χ2n) is 10.1. The topological polar surface area (TPSA) is 108 Å². The molecule has 1 amide bonds. The number of hydrogen-bond donors (Lipinski definition) is 1. The Bertz CT molecular complexity index is 1180. The van der Waals surface area contributed by atoms with E-state index < -0.39 is 10.8 Å². The maximum atomic E-state index is 13.1. The van der Waals surface area contributed by atoms with Crippen LogP contribution in [0.1, 0.15) is 54.6 Å². The molecule has 1 aromatic carbocycles. The van der Waals surface area contributed by atoms with E-state index in [9.17, 15) is 14.9 Å². The third-order valence-electron chi connectivity index (χ3n) is 7.69. The number of amides is 1. The van der Waals surface area contributed by atoms with Gasteiger partial charge in [0.15, 0.2) is 0 Å². The van der Waals surface area contributed by atoms with Crippen LogP contribution >= 0.6 is 0 Å². The lowest BCUT2D eigenvalue weighted by Gasteiger charge is -2.56. The average Bonchev–Trinajstić information content (AvgIpc) is 3.43. The minimum absolute atomic E-state index is 0.117. The Hall–Kier alpha value is -3.49. The smallest absolute Gasteiger partial charge is 0.320 e. The lowest BCUT2D eigenvalue weighted by molar-refractivity contribution is -0.385. The van der Waals surface area contributed by atoms with Gasteiger partial charge in [0.05, 0.1) is 17.0 Å². The normalized spacial score (nSPS) is 27.6. The molecule has 4 fully saturated rings. The summed E-state index contributed by atoms with van der Waals surface area (Å²) in [4.78, 5) is 24.4. The predicted octanol–water partition coefficient (Wildman–Crippen LogP) is 4.21. The van der Waals surface area contributed by atoms with Gasteiger partial charge < -0.3 is 5.32 Å². The summed E-state index contributed by atoms with van der Waals surface area (Å²) in [5.74, 6) is 1.47. The standard InChI is InChI=1S/C24H26N6O3/c31-23(26-20-4-1-3-16(10-20)14-28-6-2-5-25-28)22-21(30(32)33)15-29(27-22)24-11-17-7-18(12-24)9-19(8-17)13-24/h1-6,10,15,17-19H,7-9,11-14H2,(H,26,31). The highest BCUT2D eigenvalue weighted by atomic mass is 16.6. The zero-order valence-electron chi connectivity index (χ0n) is 18.3. The van der Waals surface area contributed by atoms with Crippen LogP contribution in [0.3, 0.4) is 0 Å². The summed E-state index contributed by atoms with van der Waals surface area (Å²) in [6.45, 7) is 0.567. The molecule has 4 bridgehead atoms. The fourth-order valence-electron chi connectivity index (χ4n) is 6.77. The van der Waals surface area contributed by atoms with E-state index >= 15 is 0 Å². The Labute approximate surface area is 190 Å². The van der Waals surface area contributed by atoms with Gasteiger partial charge in [0.2, 0.25) is 5.69 Å². The molecule has 7 rings (SSSR count). The molecule has 0 aliphatic heterocycles. The highest BCUT2D eigenvalue weighted by Crippen LogP contribution is 2.58. The number of nitro groups is 1. The summed E-state index contributed by atoms with van der Waals surface area (Å²) in [7, 11) is 0. The van der Waals surface area contributed by atoms with Gasteiger partial charge in [-0.15, -0.1) is 0 Å². The van der Waals surface area contributed by atoms with E-state index in [2.05, 4.69) is 15.5 Å². The molecule has 0 saturated heterocycles. The van der Waals surface area contributed by atoms with E-state index in [4.69, 9.17) is 0 Å². The number of rotatable bonds is 6. The molecule has 9 nitrogen and oxygen atoms in total. The van der Waals surface area contributed by atoms with Crippen molar-refractivity contribution in [2.45, 2.75) is 50.6 Å². The van der Waals surface area contributed by atoms with Crippen molar-refractivity contribution in [3.8, 4) is 0 Å². The average molecular weight is 447 g/mol. The van der Waals surface area contributed by atoms with Gasteiger partial charge in [-0.25, -0.2) is 0 Å². The second-order valence-corrected chi connectivity index (χ2v) is 10.1. The Morgan fingerprint density at radius 3 is 2.52 bits per heavy atom. The number of nitrogens with one attached hydrogen (secondary N) is 1. The van der Waals surface area contributed by atoms with Crippen LogP contribution in [0.4, 0.5) is 11.4 Å². The van der Waals surface area contributed by atoms with Crippen LogP contribution in [0, 0.1) is 27.9 Å². The van der Waals surface area contributed by atoms with Gasteiger partial charge >= 0.3 is 5.69 Å². The molecule has 4 saturated carbocycles. The Morgan fingerprint density at radius 1 is 1.15 bits per heavy atom. The zero-order chi connectivity index (χ0) is 22.6. The molecule has 4 aliphatic rings. The fourth-order valence-corrected chi connectivity index (χ4v) is 6.77. The van der Waals surface area contributed by atoms with Crippen molar-refractivity contribution < 1.29 is 9.72 Å². The third kappa shape index (κ3) is 3.61. The third-order valence-corrected chi connectivity index (χ3v) is 7.69. The zero-order valence-corrected chi connectivity index (χ0v) is 18.3. The number of anilines is 1. The number of hydrogen-bond acceptors (Lipinski definition) is 5. The summed E-state index contributed by atoms with van der Waals surface area (Å²) in [5, 5.41) is 23.4. The molecule has 1 N–H and O–H groups in total. The van der Waals surface area contributed by atoms with E-state index in [0.29, 0.717) is 30.0 Å². The van der Waals surface area contributed by atoms with Gasteiger partial charge in [-0.2, -0.15) is 10.2 Å². The first-order chi connectivity index (χ1) is 16.0. The van der Waals surface area contributed by atoms with Gasteiger partial charge in [-0.3, -0.25) is 24.3 Å². The maximum Gasteiger partial charge on any atom is 0.320 e. The van der Waals surface area contributed by atoms with Crippen molar-refractivity contribution in [3.05, 3.63) is 70.3 Å². The first kappa shape index (κ1) is 20.1. The highest BCUT2D eigenvalue weighted by Gasteiger charge is 2.53. The monoisotopic (exact) mass is 446 g/mol. The first-order valence-electron chi connectivity index (χ1n) is 11.6. The lowest BCUT2D eigenvalue weighted by Crippen LogP contribution is -2.52. The van der Waals surface area contributed by atoms with Gasteiger partial charge in [-0.1, -0.05) is 12.1 Å². The van der Waals surface area contributed by atoms with Crippen LogP contribution in [-0.2, 0) is 12.1 Å². The minimum Gasteiger partial charge on any atom is -0.320 e. The van der Waals surface area contributed by atoms with E-state index in [1.807, 2.05) is 30.5 Å². The Morgan fingerprint density at radius 2 is 1.88 bits per heavy atom. The van der Waals surface area contributed by atoms with Crippen LogP contribution in [0.2, 0.25) is 0 Å². The minimum atomic E-state index is -0.554. The van der Waals surface area contributed by atoms with Crippen LogP contribution in [0.25, 0.3) is 0 Å². The SMILES string of the molecule is O=C(Nc1cccc(Cn2cccn2)c1)c1nn(C23CC4CC(CC(C4)C2)C3)cc1[N+](=O)[O-]. The summed E-state index contributed by atoms with van der Waals surface area (Å²) >= 11 is 0. The molecule has 4 aliphatic carbocycles. The van der Waals surface area contributed by atoms with E-state index in [1.165, 1.54) is 25.5 Å². The summed E-state index contributed by atoms with van der Waals surface area (Å²) in [5.41, 5.74) is 1.01. The molecule has 0 unspecified atom stereocenters. The van der Waals surface area contributed by atoms with E-state index in [1.54, 1.807) is 21.6 Å². The van der Waals surface area contributed by atoms with Crippen molar-refractivity contribution in [2.24, 2.45) is 17.8 Å². The van der Waals surface area contributed by atoms with Gasteiger partial charge in [0.25, 0.3) is 5.91 Å². The fraction of sp³-hybridized carbons (Fsp3) is 0.458. The van der Waals surface area contributed by atoms with Crippen molar-refractivity contribution in [3.63, 3.8) is 0 Å². The number of aromatic nitrogens is 4. The molecule has 3 aromatic rings. The number of carbonyl (C=O) groups excluding carboxylic acids is 1. The molecule has 0 spiro atoms. The van der Waals surface area contributed by atoms with Crippen molar-refractivity contribution in [1.29, 1.82) is 0 Å². The molecule has 0 radical (unpaired) electrons. The van der Waals surface area contributed by atoms with Crippen LogP contribution in [-0.4, -0.2) is 30.4 Å². The van der Waals surface area contributed by atoms with Crippen LogP contribution < -0.4 is 5.32 Å². The molecular weight excluding hydrogens is 420 g/mol. The Balaban J connectivity index is 1.27. The molecule has 170 valence electrons. The number of carbonyl (C=O) groups is 1. The maximum absolute atomic E-state index is 13.1. The quantitative estimate of drug-likeness (QED) is 0.451. The highest BCUT2D eigenvalue weighted by molar-refractivity contribution is 6.05. The summed E-state index contributed by atoms with van der Waals surface area (Å²) < 4.78 is 3.57. The molecular formula is C24H26N6O3. The number of nitrogens with zero attached hydrogens (tertiary/aromatic N) is 5. The van der Waals surface area contributed by atoms with Gasteiger partial charge in [0.1, 0.15) is 6.20 Å². The molecule has 2 aromatic heterocycles. The lowest BCUT2D eigenvalue weighted by atomic mass is 9.53. The van der Waals surface area contributed by atoms with Crippen LogP contribution in [0.15, 0.2) is 48.9 Å². The Kier molecular flexibility index (Phi) is 4.60. The largest absolute Gasteiger partial charge is 0.320 e. The van der Waals surface area contributed by atoms with E-state index in [-0.39, 0.29) is 16.9 Å². The summed E-state index contributed by atoms with van der Waals surface area (Å²) in [6.07, 6.45) is 11.9. The van der Waals surface area contributed by atoms with Crippen LogP contribution in [0.5, 0.6) is 0 Å². The first-order valence-corrected chi connectivity index (χ1v) is 11.6. The molecule has 9 heteroatoms. The van der Waals surface area contributed by atoms with Crippen molar-refractivity contribution in [2.75, 3.05) is 5.32 Å². The molecule has 0 atom stereocenters. The van der Waals surface area contributed by atoms with Crippen molar-refractivity contribution in [1.82, 2.24) is 19.6 Å². The van der Waals surface area contributed by atoms with Gasteiger partial charge in [0, 0.05) is 18.1 Å². The van der Waals surface area contributed by atoms with Crippen molar-refractivity contribution >= 4 is 17.3 Å². The number of benzene rings is 1. The molecule has 2 heterocycles. The molecule has 33 heavy (non-hydrogen) atoms. The van der Waals surface area contributed by atoms with Gasteiger partial charge in [-0.05, 0) is 80.0 Å².